The van der Waals surface area contributed by atoms with Crippen LogP contribution in [0.3, 0.4) is 0 Å². The molecule has 1 aromatic rings. The quantitative estimate of drug-likeness (QED) is 0.554. The largest absolute Gasteiger partial charge is 0.298 e. The molecule has 0 aliphatic heterocycles. The molecule has 1 aromatic heterocycles. The highest BCUT2D eigenvalue weighted by molar-refractivity contribution is 6.33. The summed E-state index contributed by atoms with van der Waals surface area (Å²) in [5, 5.41) is -0.363. The van der Waals surface area contributed by atoms with Gasteiger partial charge >= 0.3 is 0 Å². The zero-order chi connectivity index (χ0) is 10.0. The van der Waals surface area contributed by atoms with E-state index in [0.717, 1.165) is 0 Å². The lowest BCUT2D eigenvalue weighted by Crippen LogP contribution is -2.00. The van der Waals surface area contributed by atoms with Crippen LogP contribution in [0.25, 0.3) is 0 Å². The van der Waals surface area contributed by atoms with Crippen LogP contribution in [0.4, 0.5) is 13.2 Å². The number of hydrogen-bond acceptors (Lipinski definition) is 2. The van der Waals surface area contributed by atoms with Gasteiger partial charge in [0.15, 0.2) is 6.29 Å². The van der Waals surface area contributed by atoms with E-state index in [9.17, 15) is 18.0 Å². The second-order valence-corrected chi connectivity index (χ2v) is 2.55. The van der Waals surface area contributed by atoms with Gasteiger partial charge in [-0.25, -0.2) is 13.8 Å². The maximum Gasteiger partial charge on any atom is 0.281 e. The summed E-state index contributed by atoms with van der Waals surface area (Å²) in [6.07, 6.45) is -2.90. The second-order valence-electron chi connectivity index (χ2n) is 2.14. The SMILES string of the molecule is O=Cc1c(Cl)cc(F)nc1C(F)F. The fourth-order valence-electron chi connectivity index (χ4n) is 0.795. The maximum atomic E-state index is 12.5. The summed E-state index contributed by atoms with van der Waals surface area (Å²) < 4.78 is 36.7. The number of pyridine rings is 1. The fraction of sp³-hybridized carbons (Fsp3) is 0.143. The Labute approximate surface area is 76.3 Å². The first kappa shape index (κ1) is 9.98. The predicted octanol–water partition coefficient (Wildman–Crippen LogP) is 2.62. The van der Waals surface area contributed by atoms with Crippen molar-refractivity contribution in [2.45, 2.75) is 6.43 Å². The summed E-state index contributed by atoms with van der Waals surface area (Å²) >= 11 is 5.33. The van der Waals surface area contributed by atoms with E-state index >= 15 is 0 Å². The lowest BCUT2D eigenvalue weighted by molar-refractivity contribution is 0.110. The van der Waals surface area contributed by atoms with Gasteiger partial charge in [-0.2, -0.15) is 4.39 Å². The topological polar surface area (TPSA) is 30.0 Å². The highest BCUT2D eigenvalue weighted by Crippen LogP contribution is 2.25. The molecule has 1 rings (SSSR count). The average Bonchev–Trinajstić information content (AvgIpc) is 2.02. The minimum absolute atomic E-state index is 0.121. The van der Waals surface area contributed by atoms with Crippen molar-refractivity contribution in [1.82, 2.24) is 4.98 Å². The van der Waals surface area contributed by atoms with Crippen molar-refractivity contribution in [3.05, 3.63) is 28.3 Å². The second kappa shape index (κ2) is 3.74. The number of carbonyl (C=O) groups is 1. The van der Waals surface area contributed by atoms with E-state index < -0.39 is 23.6 Å². The van der Waals surface area contributed by atoms with Gasteiger partial charge in [-0.3, -0.25) is 4.79 Å². The van der Waals surface area contributed by atoms with Gasteiger partial charge in [0.05, 0.1) is 10.6 Å². The molecule has 0 saturated heterocycles. The molecule has 2 nitrogen and oxygen atoms in total. The van der Waals surface area contributed by atoms with Crippen molar-refractivity contribution < 1.29 is 18.0 Å². The minimum atomic E-state index is -3.02. The van der Waals surface area contributed by atoms with Crippen molar-refractivity contribution in [2.24, 2.45) is 0 Å². The van der Waals surface area contributed by atoms with E-state index in [0.29, 0.717) is 6.07 Å². The molecule has 0 amide bonds. The Bertz CT molecular complexity index is 343. The molecule has 70 valence electrons. The number of aromatic nitrogens is 1. The summed E-state index contributed by atoms with van der Waals surface area (Å²) in [6.45, 7) is 0. The van der Waals surface area contributed by atoms with Gasteiger partial charge in [0.2, 0.25) is 5.95 Å². The van der Waals surface area contributed by atoms with Crippen molar-refractivity contribution in [1.29, 1.82) is 0 Å². The maximum absolute atomic E-state index is 12.5. The first-order valence-electron chi connectivity index (χ1n) is 3.15. The third-order valence-electron chi connectivity index (χ3n) is 1.33. The molecule has 0 atom stereocenters. The van der Waals surface area contributed by atoms with Gasteiger partial charge < -0.3 is 0 Å². The Morgan fingerprint density at radius 1 is 1.54 bits per heavy atom. The van der Waals surface area contributed by atoms with Crippen LogP contribution < -0.4 is 0 Å². The summed E-state index contributed by atoms with van der Waals surface area (Å²) in [7, 11) is 0. The number of carbonyl (C=O) groups excluding carboxylic acids is 1. The van der Waals surface area contributed by atoms with E-state index in [-0.39, 0.29) is 11.3 Å². The predicted molar refractivity (Wildman–Crippen MR) is 39.5 cm³/mol. The first-order chi connectivity index (χ1) is 6.06. The minimum Gasteiger partial charge on any atom is -0.298 e. The number of aldehydes is 1. The molecule has 0 N–H and O–H groups in total. The molecule has 0 fully saturated rings. The number of alkyl halides is 2. The lowest BCUT2D eigenvalue weighted by Gasteiger charge is -2.03. The van der Waals surface area contributed by atoms with Gasteiger partial charge in [0.1, 0.15) is 5.69 Å². The van der Waals surface area contributed by atoms with Crippen LogP contribution in [0.5, 0.6) is 0 Å². The third kappa shape index (κ3) is 1.98. The van der Waals surface area contributed by atoms with E-state index in [4.69, 9.17) is 11.6 Å². The Balaban J connectivity index is 3.38. The van der Waals surface area contributed by atoms with E-state index in [1.54, 1.807) is 0 Å². The summed E-state index contributed by atoms with van der Waals surface area (Å²) in [6, 6.07) is 0.706. The summed E-state index contributed by atoms with van der Waals surface area (Å²) in [5.41, 5.74) is -1.40. The molecular formula is C7H3ClF3NO. The van der Waals surface area contributed by atoms with E-state index in [2.05, 4.69) is 4.98 Å². The van der Waals surface area contributed by atoms with Crippen LogP contribution in [0.2, 0.25) is 5.02 Å². The van der Waals surface area contributed by atoms with E-state index in [1.165, 1.54) is 0 Å². The van der Waals surface area contributed by atoms with Gasteiger partial charge in [0, 0.05) is 6.07 Å². The molecule has 0 radical (unpaired) electrons. The van der Waals surface area contributed by atoms with Crippen LogP contribution in [-0.4, -0.2) is 11.3 Å². The normalized spacial score (nSPS) is 10.5. The number of rotatable bonds is 2. The zero-order valence-electron chi connectivity index (χ0n) is 6.10. The molecular weight excluding hydrogens is 207 g/mol. The van der Waals surface area contributed by atoms with Gasteiger partial charge in [-0.05, 0) is 0 Å². The first-order valence-corrected chi connectivity index (χ1v) is 3.53. The van der Waals surface area contributed by atoms with Crippen molar-refractivity contribution >= 4 is 17.9 Å². The molecule has 6 heteroatoms. The standard InChI is InChI=1S/C7H3ClF3NO/c8-4-1-5(9)12-6(7(10)11)3(4)2-13/h1-2,7H. The van der Waals surface area contributed by atoms with Crippen LogP contribution >= 0.6 is 11.6 Å². The average molecular weight is 210 g/mol. The third-order valence-corrected chi connectivity index (χ3v) is 1.64. The van der Waals surface area contributed by atoms with Crippen molar-refractivity contribution in [3.8, 4) is 0 Å². The Morgan fingerprint density at radius 2 is 2.15 bits per heavy atom. The van der Waals surface area contributed by atoms with Gasteiger partial charge in [-0.15, -0.1) is 0 Å². The highest BCUT2D eigenvalue weighted by atomic mass is 35.5. The van der Waals surface area contributed by atoms with Gasteiger partial charge in [-0.1, -0.05) is 11.6 Å². The lowest BCUT2D eigenvalue weighted by atomic mass is 10.2. The fourth-order valence-corrected chi connectivity index (χ4v) is 1.03. The van der Waals surface area contributed by atoms with Gasteiger partial charge in [0.25, 0.3) is 6.43 Å². The number of hydrogen-bond donors (Lipinski definition) is 0. The van der Waals surface area contributed by atoms with Crippen molar-refractivity contribution in [2.75, 3.05) is 0 Å². The molecule has 0 saturated carbocycles. The molecule has 0 aliphatic rings. The molecule has 1 heterocycles. The monoisotopic (exact) mass is 209 g/mol. The zero-order valence-corrected chi connectivity index (χ0v) is 6.86. The Kier molecular flexibility index (Phi) is 2.87. The van der Waals surface area contributed by atoms with E-state index in [1.807, 2.05) is 0 Å². The van der Waals surface area contributed by atoms with Crippen LogP contribution in [0, 0.1) is 5.95 Å². The molecule has 0 spiro atoms. The summed E-state index contributed by atoms with van der Waals surface area (Å²) in [5.74, 6) is -1.13. The number of nitrogens with zero attached hydrogens (tertiary/aromatic N) is 1. The van der Waals surface area contributed by atoms with Crippen LogP contribution in [-0.2, 0) is 0 Å². The highest BCUT2D eigenvalue weighted by Gasteiger charge is 2.18. The molecule has 0 bridgehead atoms. The van der Waals surface area contributed by atoms with Crippen LogP contribution in [0.1, 0.15) is 22.5 Å². The number of halogens is 4. The van der Waals surface area contributed by atoms with Crippen molar-refractivity contribution in [3.63, 3.8) is 0 Å². The molecule has 0 aromatic carbocycles. The summed E-state index contributed by atoms with van der Waals surface area (Å²) in [4.78, 5) is 13.2. The Morgan fingerprint density at radius 3 is 2.62 bits per heavy atom. The van der Waals surface area contributed by atoms with Crippen LogP contribution in [0.15, 0.2) is 6.07 Å². The molecule has 0 aliphatic carbocycles. The Hall–Kier alpha value is -1.10. The molecule has 0 unspecified atom stereocenters. The molecule has 13 heavy (non-hydrogen) atoms. The smallest absolute Gasteiger partial charge is 0.281 e.